The van der Waals surface area contributed by atoms with E-state index < -0.39 is 0 Å². The molecule has 0 atom stereocenters. The van der Waals surface area contributed by atoms with E-state index in [9.17, 15) is 0 Å². The molecular formula is C53H34N2O. The molecule has 2 heterocycles. The first-order valence-electron chi connectivity index (χ1n) is 19.3. The molecule has 3 nitrogen and oxygen atoms in total. The molecule has 0 amide bonds. The van der Waals surface area contributed by atoms with Crippen molar-refractivity contribution < 1.29 is 4.42 Å². The third-order valence-electron chi connectivity index (χ3n) is 12.2. The van der Waals surface area contributed by atoms with Crippen molar-refractivity contribution in [3.63, 3.8) is 0 Å². The van der Waals surface area contributed by atoms with E-state index in [0.29, 0.717) is 0 Å². The normalized spacial score (nSPS) is 13.3. The number of hydrogen-bond acceptors (Lipinski definition) is 3. The van der Waals surface area contributed by atoms with E-state index in [0.717, 1.165) is 71.7 Å². The number of aromatic nitrogens is 2. The van der Waals surface area contributed by atoms with Crippen molar-refractivity contribution in [2.24, 2.45) is 0 Å². The zero-order valence-electron chi connectivity index (χ0n) is 31.0. The highest BCUT2D eigenvalue weighted by atomic mass is 16.3. The number of hydrogen-bond donors (Lipinski definition) is 0. The maximum Gasteiger partial charge on any atom is 0.143 e. The average Bonchev–Trinajstić information content (AvgIpc) is 3.73. The standard InChI is InChI=1S/C53H34N2O/c1-53(2)46-21-10-9-16-40(46)41-23-22-33(28-47(41)53)34-24-35(37-19-11-20-44-45-27-31-12-3-4-13-32(31)29-49(45)56-52(37)44)26-36(25-34)48-30-54-50-42-17-7-5-14-38(42)39-15-6-8-18-43(39)51(50)55-48/h3-30H,1-2H3. The molecule has 0 saturated carbocycles. The number of rotatable bonds is 3. The van der Waals surface area contributed by atoms with Gasteiger partial charge in [-0.2, -0.15) is 0 Å². The van der Waals surface area contributed by atoms with Gasteiger partial charge in [-0.1, -0.05) is 141 Å². The van der Waals surface area contributed by atoms with Crippen LogP contribution in [0.2, 0.25) is 0 Å². The second-order valence-corrected chi connectivity index (χ2v) is 15.8. The van der Waals surface area contributed by atoms with Gasteiger partial charge in [-0.05, 0) is 96.9 Å². The van der Waals surface area contributed by atoms with E-state index in [1.165, 1.54) is 49.4 Å². The van der Waals surface area contributed by atoms with Crippen LogP contribution in [0.3, 0.4) is 0 Å². The minimum absolute atomic E-state index is 0.112. The molecule has 0 spiro atoms. The predicted octanol–water partition coefficient (Wildman–Crippen LogP) is 14.3. The van der Waals surface area contributed by atoms with Crippen molar-refractivity contribution >= 4 is 65.3 Å². The van der Waals surface area contributed by atoms with Crippen LogP contribution in [-0.2, 0) is 5.41 Å². The maximum absolute atomic E-state index is 6.78. The molecule has 0 unspecified atom stereocenters. The fraction of sp³-hybridized carbons (Fsp3) is 0.0566. The first-order chi connectivity index (χ1) is 27.5. The quantitative estimate of drug-likeness (QED) is 0.171. The number of furan rings is 1. The SMILES string of the molecule is CC1(C)c2ccccc2-c2ccc(-c3cc(-c4cnc5c6ccccc6c6ccccc6c5n4)cc(-c4cccc5c4oc4cc6ccccc6cc45)c3)cc21. The van der Waals surface area contributed by atoms with Gasteiger partial charge in [0.25, 0.3) is 0 Å². The number of benzene rings is 9. The second kappa shape index (κ2) is 11.5. The molecule has 0 fully saturated rings. The van der Waals surface area contributed by atoms with Crippen molar-refractivity contribution in [3.05, 3.63) is 181 Å². The van der Waals surface area contributed by atoms with Crippen LogP contribution >= 0.6 is 0 Å². The summed E-state index contributed by atoms with van der Waals surface area (Å²) in [5.41, 5.74) is 15.1. The highest BCUT2D eigenvalue weighted by Gasteiger charge is 2.35. The molecule has 11 aromatic rings. The summed E-state index contributed by atoms with van der Waals surface area (Å²) in [5, 5.41) is 9.19. The highest BCUT2D eigenvalue weighted by Crippen LogP contribution is 2.50. The molecule has 1 aliphatic rings. The summed E-state index contributed by atoms with van der Waals surface area (Å²) in [6.45, 7) is 4.68. The van der Waals surface area contributed by atoms with Crippen molar-refractivity contribution in [1.29, 1.82) is 0 Å². The van der Waals surface area contributed by atoms with Crippen LogP contribution in [0.5, 0.6) is 0 Å². The topological polar surface area (TPSA) is 38.9 Å². The van der Waals surface area contributed by atoms with Gasteiger partial charge in [-0.25, -0.2) is 4.98 Å². The zero-order valence-corrected chi connectivity index (χ0v) is 31.0. The lowest BCUT2D eigenvalue weighted by atomic mass is 9.81. The number of para-hydroxylation sites is 1. The van der Waals surface area contributed by atoms with Crippen LogP contribution in [-0.4, -0.2) is 9.97 Å². The average molecular weight is 715 g/mol. The first-order valence-corrected chi connectivity index (χ1v) is 19.3. The van der Waals surface area contributed by atoms with Gasteiger partial charge in [0.05, 0.1) is 22.9 Å². The smallest absolute Gasteiger partial charge is 0.143 e. The number of fused-ring (bicyclic) bond motifs is 13. The lowest BCUT2D eigenvalue weighted by Gasteiger charge is -2.22. The van der Waals surface area contributed by atoms with E-state index in [2.05, 4.69) is 178 Å². The molecule has 0 bridgehead atoms. The van der Waals surface area contributed by atoms with Crippen LogP contribution < -0.4 is 0 Å². The van der Waals surface area contributed by atoms with Crippen molar-refractivity contribution in [2.45, 2.75) is 19.3 Å². The van der Waals surface area contributed by atoms with E-state index in [4.69, 9.17) is 14.4 Å². The van der Waals surface area contributed by atoms with Gasteiger partial charge in [0.15, 0.2) is 0 Å². The molecule has 0 aliphatic heterocycles. The Morgan fingerprint density at radius 2 is 1.05 bits per heavy atom. The lowest BCUT2D eigenvalue weighted by Crippen LogP contribution is -2.14. The Balaban J connectivity index is 1.11. The summed E-state index contributed by atoms with van der Waals surface area (Å²) in [7, 11) is 0. The van der Waals surface area contributed by atoms with E-state index >= 15 is 0 Å². The van der Waals surface area contributed by atoms with Crippen molar-refractivity contribution in [2.75, 3.05) is 0 Å². The Labute approximate surface area is 323 Å². The molecule has 262 valence electrons. The minimum atomic E-state index is -0.112. The Morgan fingerprint density at radius 1 is 0.429 bits per heavy atom. The molecule has 1 aliphatic carbocycles. The third-order valence-corrected chi connectivity index (χ3v) is 12.2. The first kappa shape index (κ1) is 31.3. The van der Waals surface area contributed by atoms with E-state index in [1.54, 1.807) is 0 Å². The van der Waals surface area contributed by atoms with Gasteiger partial charge in [0.2, 0.25) is 0 Å². The van der Waals surface area contributed by atoms with E-state index in [-0.39, 0.29) is 5.41 Å². The third kappa shape index (κ3) is 4.46. The highest BCUT2D eigenvalue weighted by molar-refractivity contribution is 6.23. The maximum atomic E-state index is 6.78. The van der Waals surface area contributed by atoms with Gasteiger partial charge in [0, 0.05) is 38.1 Å². The number of nitrogens with zero attached hydrogens (tertiary/aromatic N) is 2. The van der Waals surface area contributed by atoms with Crippen LogP contribution in [0, 0.1) is 0 Å². The Hall–Kier alpha value is -7.10. The fourth-order valence-corrected chi connectivity index (χ4v) is 9.45. The Morgan fingerprint density at radius 3 is 1.88 bits per heavy atom. The van der Waals surface area contributed by atoms with Crippen LogP contribution in [0.15, 0.2) is 174 Å². The molecule has 0 radical (unpaired) electrons. The summed E-state index contributed by atoms with van der Waals surface area (Å²) >= 11 is 0. The summed E-state index contributed by atoms with van der Waals surface area (Å²) in [6.07, 6.45) is 1.95. The minimum Gasteiger partial charge on any atom is -0.455 e. The second-order valence-electron chi connectivity index (χ2n) is 15.8. The largest absolute Gasteiger partial charge is 0.455 e. The van der Waals surface area contributed by atoms with Crippen LogP contribution in [0.25, 0.3) is 110 Å². The van der Waals surface area contributed by atoms with Gasteiger partial charge in [0.1, 0.15) is 11.2 Å². The fourth-order valence-electron chi connectivity index (χ4n) is 9.45. The molecule has 12 rings (SSSR count). The van der Waals surface area contributed by atoms with Crippen LogP contribution in [0.4, 0.5) is 0 Å². The summed E-state index contributed by atoms with van der Waals surface area (Å²) < 4.78 is 6.78. The van der Waals surface area contributed by atoms with Gasteiger partial charge in [-0.15, -0.1) is 0 Å². The van der Waals surface area contributed by atoms with Crippen molar-refractivity contribution in [1.82, 2.24) is 9.97 Å². The summed E-state index contributed by atoms with van der Waals surface area (Å²) in [4.78, 5) is 10.6. The molecule has 3 heteroatoms. The van der Waals surface area contributed by atoms with Crippen molar-refractivity contribution in [3.8, 4) is 44.6 Å². The Bertz CT molecular complexity index is 3430. The molecule has 2 aromatic heterocycles. The molecule has 0 saturated heterocycles. The van der Waals surface area contributed by atoms with Crippen LogP contribution in [0.1, 0.15) is 25.0 Å². The lowest BCUT2D eigenvalue weighted by molar-refractivity contribution is 0.660. The molecule has 56 heavy (non-hydrogen) atoms. The molecule has 9 aromatic carbocycles. The predicted molar refractivity (Wildman–Crippen MR) is 233 cm³/mol. The van der Waals surface area contributed by atoms with Gasteiger partial charge < -0.3 is 4.42 Å². The zero-order chi connectivity index (χ0) is 37.1. The molecular weight excluding hydrogens is 681 g/mol. The van der Waals surface area contributed by atoms with Gasteiger partial charge >= 0.3 is 0 Å². The monoisotopic (exact) mass is 714 g/mol. The molecule has 0 N–H and O–H groups in total. The Kier molecular flexibility index (Phi) is 6.40. The summed E-state index contributed by atoms with van der Waals surface area (Å²) in [6, 6.07) is 59.1. The van der Waals surface area contributed by atoms with Gasteiger partial charge in [-0.3, -0.25) is 4.98 Å². The van der Waals surface area contributed by atoms with E-state index in [1.807, 2.05) is 6.20 Å². The summed E-state index contributed by atoms with van der Waals surface area (Å²) in [5.74, 6) is 0.